The third-order valence-electron chi connectivity index (χ3n) is 2.72. The molecule has 0 amide bonds. The Morgan fingerprint density at radius 3 is 3.06 bits per heavy atom. The quantitative estimate of drug-likeness (QED) is 0.657. The maximum atomic E-state index is 4.31. The minimum atomic E-state index is 0.865. The highest BCUT2D eigenvalue weighted by atomic mass is 32.1. The molecule has 0 N–H and O–H groups in total. The van der Waals surface area contributed by atoms with Gasteiger partial charge in [0, 0.05) is 23.3 Å². The van der Waals surface area contributed by atoms with Gasteiger partial charge in [-0.2, -0.15) is 0 Å². The summed E-state index contributed by atoms with van der Waals surface area (Å²) in [6.45, 7) is 2.99. The van der Waals surface area contributed by atoms with Gasteiger partial charge in [-0.05, 0) is 30.5 Å². The van der Waals surface area contributed by atoms with E-state index in [4.69, 9.17) is 0 Å². The summed E-state index contributed by atoms with van der Waals surface area (Å²) in [6.07, 6.45) is 3.99. The number of nitrogens with zero attached hydrogens (tertiary/aromatic N) is 2. The van der Waals surface area contributed by atoms with E-state index in [1.807, 2.05) is 11.6 Å². The first-order valence-electron chi connectivity index (χ1n) is 5.27. The molecular formula is C13H12N2S. The van der Waals surface area contributed by atoms with Gasteiger partial charge >= 0.3 is 0 Å². The molecule has 0 saturated heterocycles. The van der Waals surface area contributed by atoms with Gasteiger partial charge in [-0.15, -0.1) is 11.3 Å². The van der Waals surface area contributed by atoms with Crippen LogP contribution in [0, 0.1) is 6.92 Å². The summed E-state index contributed by atoms with van der Waals surface area (Å²) in [4.78, 5) is 4.31. The highest BCUT2D eigenvalue weighted by Gasteiger charge is 2.02. The molecule has 3 aromatic rings. The van der Waals surface area contributed by atoms with Gasteiger partial charge in [-0.25, -0.2) is 4.98 Å². The average molecular weight is 228 g/mol. The zero-order valence-electron chi connectivity index (χ0n) is 9.05. The van der Waals surface area contributed by atoms with Crippen molar-refractivity contribution in [3.63, 3.8) is 0 Å². The van der Waals surface area contributed by atoms with E-state index in [1.165, 1.54) is 16.5 Å². The molecule has 16 heavy (non-hydrogen) atoms. The molecule has 0 radical (unpaired) electrons. The molecule has 80 valence electrons. The summed E-state index contributed by atoms with van der Waals surface area (Å²) >= 11 is 1.70. The van der Waals surface area contributed by atoms with Crippen LogP contribution >= 0.6 is 11.3 Å². The number of benzene rings is 1. The van der Waals surface area contributed by atoms with Crippen LogP contribution in [0.4, 0.5) is 0 Å². The summed E-state index contributed by atoms with van der Waals surface area (Å²) in [5.41, 5.74) is 2.58. The monoisotopic (exact) mass is 228 g/mol. The molecule has 0 spiro atoms. The maximum Gasteiger partial charge on any atom is 0.112 e. The Bertz CT molecular complexity index is 608. The maximum absolute atomic E-state index is 4.31. The van der Waals surface area contributed by atoms with Crippen molar-refractivity contribution in [3.05, 3.63) is 52.6 Å². The van der Waals surface area contributed by atoms with Gasteiger partial charge < -0.3 is 4.57 Å². The third-order valence-corrected chi connectivity index (χ3v) is 3.48. The van der Waals surface area contributed by atoms with Crippen molar-refractivity contribution in [1.29, 1.82) is 0 Å². The van der Waals surface area contributed by atoms with Crippen LogP contribution in [0.3, 0.4) is 0 Å². The first-order chi connectivity index (χ1) is 7.83. The molecule has 0 aliphatic heterocycles. The van der Waals surface area contributed by atoms with Crippen molar-refractivity contribution in [1.82, 2.24) is 9.55 Å². The molecule has 0 atom stereocenters. The van der Waals surface area contributed by atoms with Crippen LogP contribution in [0.5, 0.6) is 0 Å². The molecule has 0 aliphatic carbocycles. The molecule has 0 fully saturated rings. The molecule has 3 heteroatoms. The van der Waals surface area contributed by atoms with Crippen molar-refractivity contribution in [3.8, 4) is 0 Å². The molecular weight excluding hydrogens is 216 g/mol. The number of hydrogen-bond donors (Lipinski definition) is 0. The first-order valence-corrected chi connectivity index (χ1v) is 6.15. The lowest BCUT2D eigenvalue weighted by atomic mass is 10.2. The van der Waals surface area contributed by atoms with E-state index in [0.29, 0.717) is 0 Å². The largest absolute Gasteiger partial charge is 0.341 e. The van der Waals surface area contributed by atoms with Gasteiger partial charge in [-0.3, -0.25) is 0 Å². The Kier molecular flexibility index (Phi) is 2.26. The van der Waals surface area contributed by atoms with E-state index in [2.05, 4.69) is 46.9 Å². The Morgan fingerprint density at radius 2 is 2.25 bits per heavy atom. The third kappa shape index (κ3) is 1.63. The van der Waals surface area contributed by atoms with Crippen LogP contribution < -0.4 is 0 Å². The fourth-order valence-corrected chi connectivity index (χ4v) is 2.55. The van der Waals surface area contributed by atoms with Gasteiger partial charge in [0.1, 0.15) is 5.01 Å². The lowest BCUT2D eigenvalue weighted by Crippen LogP contribution is -1.96. The van der Waals surface area contributed by atoms with Crippen LogP contribution in [0.15, 0.2) is 42.0 Å². The predicted octanol–water partition coefficient (Wildman–Crippen LogP) is 3.45. The van der Waals surface area contributed by atoms with Crippen LogP contribution in [-0.2, 0) is 6.54 Å². The Labute approximate surface area is 98.2 Å². The summed E-state index contributed by atoms with van der Waals surface area (Å²) in [6, 6.07) is 8.71. The highest BCUT2D eigenvalue weighted by Crippen LogP contribution is 2.19. The van der Waals surface area contributed by atoms with E-state index in [0.717, 1.165) is 11.6 Å². The van der Waals surface area contributed by atoms with Crippen molar-refractivity contribution in [2.75, 3.05) is 0 Å². The topological polar surface area (TPSA) is 17.8 Å². The number of fused-ring (bicyclic) bond motifs is 1. The van der Waals surface area contributed by atoms with Crippen molar-refractivity contribution >= 4 is 22.2 Å². The lowest BCUT2D eigenvalue weighted by Gasteiger charge is -2.02. The number of thiazole rings is 1. The second kappa shape index (κ2) is 3.76. The minimum Gasteiger partial charge on any atom is -0.341 e. The van der Waals surface area contributed by atoms with E-state index < -0.39 is 0 Å². The normalized spacial score (nSPS) is 11.1. The zero-order valence-corrected chi connectivity index (χ0v) is 9.87. The lowest BCUT2D eigenvalue weighted by molar-refractivity contribution is 0.828. The Morgan fingerprint density at radius 1 is 1.31 bits per heavy atom. The number of hydrogen-bond acceptors (Lipinski definition) is 2. The van der Waals surface area contributed by atoms with Gasteiger partial charge in [0.05, 0.1) is 6.54 Å². The summed E-state index contributed by atoms with van der Waals surface area (Å²) in [7, 11) is 0. The van der Waals surface area contributed by atoms with E-state index in [-0.39, 0.29) is 0 Å². The Hall–Kier alpha value is -1.61. The van der Waals surface area contributed by atoms with E-state index in [9.17, 15) is 0 Å². The second-order valence-electron chi connectivity index (χ2n) is 3.93. The molecule has 0 saturated carbocycles. The van der Waals surface area contributed by atoms with Gasteiger partial charge in [0.15, 0.2) is 0 Å². The summed E-state index contributed by atoms with van der Waals surface area (Å²) in [5, 5.41) is 4.47. The van der Waals surface area contributed by atoms with Gasteiger partial charge in [0.2, 0.25) is 0 Å². The first kappa shape index (κ1) is 9.60. The van der Waals surface area contributed by atoms with E-state index in [1.54, 1.807) is 11.3 Å². The van der Waals surface area contributed by atoms with Crippen molar-refractivity contribution in [2.24, 2.45) is 0 Å². The molecule has 0 bridgehead atoms. The molecule has 2 nitrogen and oxygen atoms in total. The molecule has 0 unspecified atom stereocenters. The standard InChI is InChI=1S/C13H12N2S/c1-10-2-3-12-11(8-10)4-6-15(12)9-13-14-5-7-16-13/h2-8H,9H2,1H3. The van der Waals surface area contributed by atoms with Crippen molar-refractivity contribution < 1.29 is 0 Å². The van der Waals surface area contributed by atoms with Crippen molar-refractivity contribution in [2.45, 2.75) is 13.5 Å². The zero-order chi connectivity index (χ0) is 11.0. The summed E-state index contributed by atoms with van der Waals surface area (Å²) in [5.74, 6) is 0. The van der Waals surface area contributed by atoms with Gasteiger partial charge in [-0.1, -0.05) is 11.6 Å². The number of aryl methyl sites for hydroxylation is 1. The molecule has 2 heterocycles. The molecule has 3 rings (SSSR count). The molecule has 1 aromatic carbocycles. The average Bonchev–Trinajstić information content (AvgIpc) is 2.89. The predicted molar refractivity (Wildman–Crippen MR) is 67.9 cm³/mol. The van der Waals surface area contributed by atoms with E-state index >= 15 is 0 Å². The fraction of sp³-hybridized carbons (Fsp3) is 0.154. The van der Waals surface area contributed by atoms with Crippen LogP contribution in [0.2, 0.25) is 0 Å². The smallest absolute Gasteiger partial charge is 0.112 e. The SMILES string of the molecule is Cc1ccc2c(ccn2Cc2nccs2)c1. The fourth-order valence-electron chi connectivity index (χ4n) is 1.93. The highest BCUT2D eigenvalue weighted by molar-refractivity contribution is 7.09. The second-order valence-corrected chi connectivity index (χ2v) is 4.91. The van der Waals surface area contributed by atoms with Gasteiger partial charge in [0.25, 0.3) is 0 Å². The Balaban J connectivity index is 2.04. The number of aromatic nitrogens is 2. The minimum absolute atomic E-state index is 0.865. The van der Waals surface area contributed by atoms with Crippen LogP contribution in [0.1, 0.15) is 10.6 Å². The molecule has 2 aromatic heterocycles. The molecule has 0 aliphatic rings. The number of rotatable bonds is 2. The summed E-state index contributed by atoms with van der Waals surface area (Å²) < 4.78 is 2.24. The van der Waals surface area contributed by atoms with Crippen LogP contribution in [-0.4, -0.2) is 9.55 Å². The van der Waals surface area contributed by atoms with Crippen LogP contribution in [0.25, 0.3) is 10.9 Å².